The second-order valence-electron chi connectivity index (χ2n) is 4.20. The van der Waals surface area contributed by atoms with E-state index in [1.165, 1.54) is 43.4 Å². The highest BCUT2D eigenvalue weighted by atomic mass is 19.1. The van der Waals surface area contributed by atoms with Crippen LogP contribution >= 0.6 is 0 Å². The van der Waals surface area contributed by atoms with E-state index in [1.54, 1.807) is 0 Å². The van der Waals surface area contributed by atoms with Crippen molar-refractivity contribution >= 4 is 0 Å². The van der Waals surface area contributed by atoms with Crippen molar-refractivity contribution in [1.29, 1.82) is 0 Å². The summed E-state index contributed by atoms with van der Waals surface area (Å²) in [7, 11) is 0. The van der Waals surface area contributed by atoms with Crippen LogP contribution in [0.1, 0.15) is 37.2 Å². The third kappa shape index (κ3) is 1.97. The molecule has 1 saturated carbocycles. The Morgan fingerprint density at radius 2 is 1.71 bits per heavy atom. The van der Waals surface area contributed by atoms with Crippen LogP contribution in [-0.2, 0) is 0 Å². The standard InChI is InChI=1S/C13H16F/c1-10(11-4-2-3-5-11)12-6-8-13(14)9-7-12/h6-11H,1-5H2. The molecule has 75 valence electrons. The fourth-order valence-corrected chi connectivity index (χ4v) is 2.34. The molecule has 0 aromatic heterocycles. The van der Waals surface area contributed by atoms with E-state index in [0.717, 1.165) is 0 Å². The first-order chi connectivity index (χ1) is 6.77. The quantitative estimate of drug-likeness (QED) is 0.664. The van der Waals surface area contributed by atoms with Gasteiger partial charge in [-0.05, 0) is 49.3 Å². The number of hydrogen-bond donors (Lipinski definition) is 0. The second-order valence-corrected chi connectivity index (χ2v) is 4.20. The lowest BCUT2D eigenvalue weighted by atomic mass is 9.86. The maximum atomic E-state index is 12.7. The first kappa shape index (κ1) is 9.70. The Kier molecular flexibility index (Phi) is 2.85. The molecule has 0 spiro atoms. The predicted octanol–water partition coefficient (Wildman–Crippen LogP) is 3.93. The van der Waals surface area contributed by atoms with E-state index in [0.29, 0.717) is 11.8 Å². The summed E-state index contributed by atoms with van der Waals surface area (Å²) >= 11 is 0. The van der Waals surface area contributed by atoms with Crippen molar-refractivity contribution in [2.75, 3.05) is 0 Å². The lowest BCUT2D eigenvalue weighted by Gasteiger charge is -2.18. The van der Waals surface area contributed by atoms with Crippen LogP contribution in [-0.4, -0.2) is 0 Å². The Morgan fingerprint density at radius 1 is 1.14 bits per heavy atom. The average molecular weight is 191 g/mol. The van der Waals surface area contributed by atoms with Gasteiger partial charge in [0.1, 0.15) is 5.82 Å². The Labute approximate surface area is 85.1 Å². The van der Waals surface area contributed by atoms with Gasteiger partial charge in [0.25, 0.3) is 0 Å². The van der Waals surface area contributed by atoms with Gasteiger partial charge in [-0.3, -0.25) is 0 Å². The topological polar surface area (TPSA) is 0 Å². The summed E-state index contributed by atoms with van der Waals surface area (Å²) in [6, 6.07) is 6.79. The molecule has 1 aliphatic carbocycles. The van der Waals surface area contributed by atoms with Crippen LogP contribution in [0.5, 0.6) is 0 Å². The summed E-state index contributed by atoms with van der Waals surface area (Å²) in [6.07, 6.45) is 5.23. The minimum atomic E-state index is -0.160. The highest BCUT2D eigenvalue weighted by Gasteiger charge is 2.22. The fraction of sp³-hybridized carbons (Fsp3) is 0.462. The molecule has 1 aliphatic rings. The van der Waals surface area contributed by atoms with Gasteiger partial charge in [0, 0.05) is 0 Å². The Balaban J connectivity index is 2.09. The first-order valence-electron chi connectivity index (χ1n) is 5.36. The number of halogens is 1. The zero-order chi connectivity index (χ0) is 9.97. The van der Waals surface area contributed by atoms with Crippen LogP contribution in [0, 0.1) is 18.7 Å². The zero-order valence-corrected chi connectivity index (χ0v) is 8.38. The maximum absolute atomic E-state index is 12.7. The van der Waals surface area contributed by atoms with E-state index in [4.69, 9.17) is 0 Å². The molecule has 14 heavy (non-hydrogen) atoms. The number of hydrogen-bond acceptors (Lipinski definition) is 0. The number of rotatable bonds is 2. The van der Waals surface area contributed by atoms with Crippen LogP contribution in [0.2, 0.25) is 0 Å². The van der Waals surface area contributed by atoms with Crippen LogP contribution in [0.3, 0.4) is 0 Å². The van der Waals surface area contributed by atoms with E-state index in [2.05, 4.69) is 6.92 Å². The van der Waals surface area contributed by atoms with E-state index < -0.39 is 0 Å². The van der Waals surface area contributed by atoms with Gasteiger partial charge in [-0.2, -0.15) is 0 Å². The largest absolute Gasteiger partial charge is 0.207 e. The minimum absolute atomic E-state index is 0.160. The summed E-state index contributed by atoms with van der Waals surface area (Å²) in [5, 5.41) is 0. The molecule has 0 nitrogen and oxygen atoms in total. The Morgan fingerprint density at radius 3 is 2.29 bits per heavy atom. The highest BCUT2D eigenvalue weighted by molar-refractivity contribution is 5.22. The van der Waals surface area contributed by atoms with Crippen LogP contribution in [0.4, 0.5) is 4.39 Å². The smallest absolute Gasteiger partial charge is 0.123 e. The predicted molar refractivity (Wildman–Crippen MR) is 56.5 cm³/mol. The van der Waals surface area contributed by atoms with Crippen molar-refractivity contribution in [2.45, 2.75) is 31.6 Å². The molecule has 0 N–H and O–H groups in total. The van der Waals surface area contributed by atoms with E-state index in [1.807, 2.05) is 12.1 Å². The van der Waals surface area contributed by atoms with Gasteiger partial charge in [0.05, 0.1) is 0 Å². The van der Waals surface area contributed by atoms with Gasteiger partial charge in [0.2, 0.25) is 0 Å². The van der Waals surface area contributed by atoms with Crippen molar-refractivity contribution in [2.24, 2.45) is 5.92 Å². The summed E-state index contributed by atoms with van der Waals surface area (Å²) in [6.45, 7) is 4.20. The molecule has 1 heteroatoms. The van der Waals surface area contributed by atoms with Crippen LogP contribution in [0.15, 0.2) is 24.3 Å². The lowest BCUT2D eigenvalue weighted by Crippen LogP contribution is -2.05. The highest BCUT2D eigenvalue weighted by Crippen LogP contribution is 2.36. The molecular formula is C13H16F. The van der Waals surface area contributed by atoms with Crippen LogP contribution in [0.25, 0.3) is 0 Å². The van der Waals surface area contributed by atoms with Crippen molar-refractivity contribution in [1.82, 2.24) is 0 Å². The molecule has 0 aliphatic heterocycles. The summed E-state index contributed by atoms with van der Waals surface area (Å²) in [5.41, 5.74) is 1.18. The molecule has 2 rings (SSSR count). The van der Waals surface area contributed by atoms with Crippen molar-refractivity contribution in [3.63, 3.8) is 0 Å². The molecule has 1 aromatic rings. The molecule has 1 radical (unpaired) electrons. The molecule has 1 aromatic carbocycles. The SMILES string of the molecule is [CH2]C(c1ccc(F)cc1)C1CCCC1. The molecular weight excluding hydrogens is 175 g/mol. The average Bonchev–Trinajstić information content (AvgIpc) is 2.71. The Bertz CT molecular complexity index is 283. The van der Waals surface area contributed by atoms with E-state index in [-0.39, 0.29) is 5.82 Å². The molecule has 0 amide bonds. The third-order valence-corrected chi connectivity index (χ3v) is 3.27. The van der Waals surface area contributed by atoms with Crippen molar-refractivity contribution in [3.8, 4) is 0 Å². The van der Waals surface area contributed by atoms with Gasteiger partial charge < -0.3 is 0 Å². The summed E-state index contributed by atoms with van der Waals surface area (Å²) in [5.74, 6) is 0.894. The molecule has 1 unspecified atom stereocenters. The third-order valence-electron chi connectivity index (χ3n) is 3.27. The zero-order valence-electron chi connectivity index (χ0n) is 8.38. The first-order valence-corrected chi connectivity index (χ1v) is 5.36. The van der Waals surface area contributed by atoms with Gasteiger partial charge in [-0.25, -0.2) is 4.39 Å². The summed E-state index contributed by atoms with van der Waals surface area (Å²) < 4.78 is 12.7. The fourth-order valence-electron chi connectivity index (χ4n) is 2.34. The van der Waals surface area contributed by atoms with E-state index >= 15 is 0 Å². The van der Waals surface area contributed by atoms with Crippen molar-refractivity contribution in [3.05, 3.63) is 42.6 Å². The van der Waals surface area contributed by atoms with Crippen LogP contribution < -0.4 is 0 Å². The van der Waals surface area contributed by atoms with Gasteiger partial charge in [-0.15, -0.1) is 0 Å². The molecule has 0 bridgehead atoms. The Hall–Kier alpha value is -0.850. The second kappa shape index (κ2) is 4.12. The minimum Gasteiger partial charge on any atom is -0.207 e. The van der Waals surface area contributed by atoms with Gasteiger partial charge >= 0.3 is 0 Å². The molecule has 0 heterocycles. The molecule has 0 saturated heterocycles. The van der Waals surface area contributed by atoms with E-state index in [9.17, 15) is 4.39 Å². The summed E-state index contributed by atoms with van der Waals surface area (Å²) in [4.78, 5) is 0. The van der Waals surface area contributed by atoms with Crippen molar-refractivity contribution < 1.29 is 4.39 Å². The van der Waals surface area contributed by atoms with Gasteiger partial charge in [0.15, 0.2) is 0 Å². The lowest BCUT2D eigenvalue weighted by molar-refractivity contribution is 0.491. The molecule has 1 fully saturated rings. The monoisotopic (exact) mass is 191 g/mol. The van der Waals surface area contributed by atoms with Gasteiger partial charge in [-0.1, -0.05) is 25.0 Å². The normalized spacial score (nSPS) is 19.9. The maximum Gasteiger partial charge on any atom is 0.123 e. The molecule has 1 atom stereocenters. The number of benzene rings is 1.